The van der Waals surface area contributed by atoms with E-state index in [0.717, 1.165) is 12.1 Å². The van der Waals surface area contributed by atoms with Gasteiger partial charge in [0.1, 0.15) is 11.6 Å². The molecule has 1 heterocycles. The molecule has 7 nitrogen and oxygen atoms in total. The lowest BCUT2D eigenvalue weighted by Gasteiger charge is -1.99. The van der Waals surface area contributed by atoms with E-state index >= 15 is 0 Å². The van der Waals surface area contributed by atoms with E-state index in [-0.39, 0.29) is 5.15 Å². The van der Waals surface area contributed by atoms with Crippen molar-refractivity contribution < 1.29 is 19.6 Å². The molecule has 0 amide bonds. The zero-order chi connectivity index (χ0) is 12.3. The zero-order valence-electron chi connectivity index (χ0n) is 7.71. The summed E-state index contributed by atoms with van der Waals surface area (Å²) in [5.74, 6) is -2.34. The molecule has 0 saturated heterocycles. The van der Waals surface area contributed by atoms with Crippen LogP contribution in [0.25, 0.3) is 0 Å². The van der Waals surface area contributed by atoms with Gasteiger partial charge in [-0.2, -0.15) is 0 Å². The van der Waals surface area contributed by atoms with Crippen LogP contribution in [0.15, 0.2) is 12.1 Å². The van der Waals surface area contributed by atoms with Gasteiger partial charge in [0.15, 0.2) is 11.5 Å². The van der Waals surface area contributed by atoms with E-state index in [1.54, 1.807) is 0 Å². The SMILES string of the molecule is O=C(O)CC(=O)c1nc(Cl)ccc1[N+](=O)[O-]. The van der Waals surface area contributed by atoms with Crippen LogP contribution in [-0.2, 0) is 4.79 Å². The number of rotatable bonds is 4. The Labute approximate surface area is 93.8 Å². The van der Waals surface area contributed by atoms with Crippen LogP contribution >= 0.6 is 11.6 Å². The third kappa shape index (κ3) is 2.74. The third-order valence-corrected chi connectivity index (χ3v) is 1.82. The van der Waals surface area contributed by atoms with Gasteiger partial charge in [-0.05, 0) is 6.07 Å². The van der Waals surface area contributed by atoms with Gasteiger partial charge in [-0.15, -0.1) is 0 Å². The number of nitro groups is 1. The molecule has 1 aromatic rings. The van der Waals surface area contributed by atoms with E-state index in [0.29, 0.717) is 0 Å². The quantitative estimate of drug-likeness (QED) is 0.281. The van der Waals surface area contributed by atoms with Crippen LogP contribution < -0.4 is 0 Å². The molecule has 0 aliphatic carbocycles. The zero-order valence-corrected chi connectivity index (χ0v) is 8.47. The number of carboxylic acids is 1. The first-order valence-corrected chi connectivity index (χ1v) is 4.35. The van der Waals surface area contributed by atoms with Crippen molar-refractivity contribution in [2.24, 2.45) is 0 Å². The molecule has 0 bridgehead atoms. The van der Waals surface area contributed by atoms with Gasteiger partial charge >= 0.3 is 5.97 Å². The van der Waals surface area contributed by atoms with Gasteiger partial charge in [0, 0.05) is 6.07 Å². The van der Waals surface area contributed by atoms with Crippen molar-refractivity contribution >= 4 is 29.0 Å². The molecule has 0 atom stereocenters. The van der Waals surface area contributed by atoms with Crippen LogP contribution in [0.3, 0.4) is 0 Å². The Hall–Kier alpha value is -2.02. The van der Waals surface area contributed by atoms with Gasteiger partial charge in [0.05, 0.1) is 4.92 Å². The monoisotopic (exact) mass is 244 g/mol. The smallest absolute Gasteiger partial charge is 0.311 e. The maximum atomic E-state index is 11.3. The number of halogens is 1. The maximum absolute atomic E-state index is 11.3. The van der Waals surface area contributed by atoms with Crippen molar-refractivity contribution in [3.05, 3.63) is 33.1 Å². The second kappa shape index (κ2) is 4.67. The summed E-state index contributed by atoms with van der Waals surface area (Å²) in [6.45, 7) is 0. The van der Waals surface area contributed by atoms with E-state index < -0.39 is 34.5 Å². The standard InChI is InChI=1S/C8H5ClN2O5/c9-6-2-1-4(11(15)16)8(10-6)5(12)3-7(13)14/h1-2H,3H2,(H,13,14). The molecule has 1 aromatic heterocycles. The number of ketones is 1. The summed E-state index contributed by atoms with van der Waals surface area (Å²) in [6.07, 6.45) is -0.867. The lowest BCUT2D eigenvalue weighted by atomic mass is 10.1. The topological polar surface area (TPSA) is 110 Å². The predicted molar refractivity (Wildman–Crippen MR) is 52.5 cm³/mol. The number of pyridine rings is 1. The molecule has 0 fully saturated rings. The van der Waals surface area contributed by atoms with Crippen LogP contribution in [0.2, 0.25) is 5.15 Å². The van der Waals surface area contributed by atoms with Gasteiger partial charge in [-0.3, -0.25) is 19.7 Å². The summed E-state index contributed by atoms with van der Waals surface area (Å²) in [5, 5.41) is 18.8. The summed E-state index contributed by atoms with van der Waals surface area (Å²) < 4.78 is 0. The lowest BCUT2D eigenvalue weighted by molar-refractivity contribution is -0.385. The fraction of sp³-hybridized carbons (Fsp3) is 0.125. The third-order valence-electron chi connectivity index (χ3n) is 1.61. The van der Waals surface area contributed by atoms with E-state index in [2.05, 4.69) is 4.98 Å². The number of carbonyl (C=O) groups is 2. The number of aliphatic carboxylic acids is 1. The number of hydrogen-bond acceptors (Lipinski definition) is 5. The fourth-order valence-electron chi connectivity index (χ4n) is 1.00. The number of hydrogen-bond donors (Lipinski definition) is 1. The molecule has 0 radical (unpaired) electrons. The van der Waals surface area contributed by atoms with Crippen molar-refractivity contribution in [2.45, 2.75) is 6.42 Å². The highest BCUT2D eigenvalue weighted by Gasteiger charge is 2.23. The predicted octanol–water partition coefficient (Wildman–Crippen LogP) is 1.30. The van der Waals surface area contributed by atoms with Crippen LogP contribution in [-0.4, -0.2) is 26.8 Å². The largest absolute Gasteiger partial charge is 0.481 e. The van der Waals surface area contributed by atoms with Crippen LogP contribution in [0.4, 0.5) is 5.69 Å². The van der Waals surface area contributed by atoms with Gasteiger partial charge in [0.25, 0.3) is 5.69 Å². The molecule has 8 heteroatoms. The summed E-state index contributed by atoms with van der Waals surface area (Å²) in [6, 6.07) is 2.15. The Kier molecular flexibility index (Phi) is 3.51. The Morgan fingerprint density at radius 3 is 2.62 bits per heavy atom. The van der Waals surface area contributed by atoms with Crippen LogP contribution in [0.5, 0.6) is 0 Å². The number of aromatic nitrogens is 1. The average molecular weight is 245 g/mol. The minimum absolute atomic E-state index is 0.112. The molecular weight excluding hydrogens is 240 g/mol. The van der Waals surface area contributed by atoms with E-state index in [9.17, 15) is 19.7 Å². The first-order valence-electron chi connectivity index (χ1n) is 3.97. The van der Waals surface area contributed by atoms with Crippen molar-refractivity contribution in [3.8, 4) is 0 Å². The molecule has 0 aliphatic heterocycles. The first kappa shape index (κ1) is 12.1. The van der Waals surface area contributed by atoms with E-state index in [1.165, 1.54) is 0 Å². The molecule has 84 valence electrons. The van der Waals surface area contributed by atoms with Crippen molar-refractivity contribution in [1.29, 1.82) is 0 Å². The van der Waals surface area contributed by atoms with Gasteiger partial charge in [-0.1, -0.05) is 11.6 Å². The summed E-state index contributed by atoms with van der Waals surface area (Å²) in [5.41, 5.74) is -1.10. The van der Waals surface area contributed by atoms with Crippen molar-refractivity contribution in [3.63, 3.8) is 0 Å². The van der Waals surface area contributed by atoms with Crippen LogP contribution in [0.1, 0.15) is 16.9 Å². The van der Waals surface area contributed by atoms with Gasteiger partial charge in [-0.25, -0.2) is 4.98 Å². The van der Waals surface area contributed by atoms with Crippen molar-refractivity contribution in [2.75, 3.05) is 0 Å². The van der Waals surface area contributed by atoms with Gasteiger partial charge in [0.2, 0.25) is 0 Å². The molecular formula is C8H5ClN2O5. The summed E-state index contributed by atoms with van der Waals surface area (Å²) in [7, 11) is 0. The Morgan fingerprint density at radius 1 is 1.50 bits per heavy atom. The van der Waals surface area contributed by atoms with Gasteiger partial charge < -0.3 is 5.11 Å². The first-order chi connectivity index (χ1) is 7.41. The second-order valence-corrected chi connectivity index (χ2v) is 3.14. The van der Waals surface area contributed by atoms with E-state index in [4.69, 9.17) is 16.7 Å². The second-order valence-electron chi connectivity index (χ2n) is 2.75. The van der Waals surface area contributed by atoms with E-state index in [1.807, 2.05) is 0 Å². The molecule has 0 saturated carbocycles. The molecule has 0 spiro atoms. The number of nitrogens with zero attached hydrogens (tertiary/aromatic N) is 2. The highest BCUT2D eigenvalue weighted by molar-refractivity contribution is 6.29. The molecule has 0 unspecified atom stereocenters. The Morgan fingerprint density at radius 2 is 2.12 bits per heavy atom. The number of carbonyl (C=O) groups excluding carboxylic acids is 1. The van der Waals surface area contributed by atoms with Crippen LogP contribution in [0, 0.1) is 10.1 Å². The maximum Gasteiger partial charge on any atom is 0.311 e. The summed E-state index contributed by atoms with van der Waals surface area (Å²) in [4.78, 5) is 34.8. The minimum Gasteiger partial charge on any atom is -0.481 e. The highest BCUT2D eigenvalue weighted by atomic mass is 35.5. The Balaban J connectivity index is 3.19. The minimum atomic E-state index is -1.39. The normalized spacial score (nSPS) is 9.81. The molecule has 1 rings (SSSR count). The Bertz CT molecular complexity index is 473. The molecule has 0 aromatic carbocycles. The average Bonchev–Trinajstić information content (AvgIpc) is 2.15. The number of Topliss-reactive ketones (excluding diaryl/α,β-unsaturated/α-hetero) is 1. The highest BCUT2D eigenvalue weighted by Crippen LogP contribution is 2.20. The molecule has 1 N–H and O–H groups in total. The molecule has 0 aliphatic rings. The molecule has 16 heavy (non-hydrogen) atoms. The fourth-order valence-corrected chi connectivity index (χ4v) is 1.15. The van der Waals surface area contributed by atoms with Crippen molar-refractivity contribution in [1.82, 2.24) is 4.98 Å². The summed E-state index contributed by atoms with van der Waals surface area (Å²) >= 11 is 5.47. The lowest BCUT2D eigenvalue weighted by Crippen LogP contribution is -2.11. The number of carboxylic acid groups (broad SMARTS) is 1.